The van der Waals surface area contributed by atoms with Crippen LogP contribution in [-0.2, 0) is 6.42 Å². The van der Waals surface area contributed by atoms with Gasteiger partial charge in [-0.15, -0.1) is 0 Å². The highest BCUT2D eigenvalue weighted by atomic mass is 127. The maximum Gasteiger partial charge on any atom is 0.202 e. The molecule has 0 fully saturated rings. The minimum Gasteiger partial charge on any atom is -0.461 e. The molecule has 0 atom stereocenters. The largest absolute Gasteiger partial charge is 0.461 e. The summed E-state index contributed by atoms with van der Waals surface area (Å²) in [5.74, 6) is 0.502. The van der Waals surface area contributed by atoms with Crippen LogP contribution in [0.2, 0.25) is 0 Å². The van der Waals surface area contributed by atoms with Crippen LogP contribution < -0.4 is 0 Å². The van der Waals surface area contributed by atoms with Crippen LogP contribution in [0.4, 0.5) is 0 Å². The molecule has 0 radical (unpaired) electrons. The number of hydrogen-bond acceptors (Lipinski definition) is 2. The van der Waals surface area contributed by atoms with Crippen LogP contribution >= 0.6 is 22.6 Å². The molecule has 2 nitrogen and oxygen atoms in total. The Balaban J connectivity index is 2.14. The van der Waals surface area contributed by atoms with Crippen LogP contribution in [0.1, 0.15) is 21.7 Å². The van der Waals surface area contributed by atoms with Crippen LogP contribution in [-0.4, -0.2) is 5.78 Å². The highest BCUT2D eigenvalue weighted by molar-refractivity contribution is 14.1. The lowest BCUT2D eigenvalue weighted by Crippen LogP contribution is -2.03. The zero-order valence-corrected chi connectivity index (χ0v) is 11.0. The third kappa shape index (κ3) is 2.52. The fraction of sp³-hybridized carbons (Fsp3) is 0.154. The van der Waals surface area contributed by atoms with Gasteiger partial charge in [-0.05, 0) is 58.8 Å². The minimum atomic E-state index is 0.0312. The Morgan fingerprint density at radius 3 is 2.50 bits per heavy atom. The van der Waals surface area contributed by atoms with Crippen molar-refractivity contribution in [2.24, 2.45) is 0 Å². The molecule has 0 bridgehead atoms. The smallest absolute Gasteiger partial charge is 0.202 e. The molecule has 0 unspecified atom stereocenters. The van der Waals surface area contributed by atoms with E-state index in [4.69, 9.17) is 4.42 Å². The van der Waals surface area contributed by atoms with Crippen LogP contribution in [0, 0.1) is 10.5 Å². The second-order valence-corrected chi connectivity index (χ2v) is 4.90. The number of carbonyl (C=O) groups is 1. The summed E-state index contributed by atoms with van der Waals surface area (Å²) in [5, 5.41) is 0. The van der Waals surface area contributed by atoms with Crippen molar-refractivity contribution in [3.63, 3.8) is 0 Å². The Morgan fingerprint density at radius 2 is 1.94 bits per heavy atom. The molecule has 0 amide bonds. The van der Waals surface area contributed by atoms with Crippen molar-refractivity contribution in [2.45, 2.75) is 13.3 Å². The highest BCUT2D eigenvalue weighted by Crippen LogP contribution is 2.14. The first-order valence-corrected chi connectivity index (χ1v) is 6.06. The fourth-order valence-electron chi connectivity index (χ4n) is 1.53. The maximum atomic E-state index is 11.9. The van der Waals surface area contributed by atoms with Gasteiger partial charge < -0.3 is 4.42 Å². The number of benzene rings is 1. The monoisotopic (exact) mass is 326 g/mol. The maximum absolute atomic E-state index is 11.9. The van der Waals surface area contributed by atoms with Gasteiger partial charge >= 0.3 is 0 Å². The fourth-order valence-corrected chi connectivity index (χ4v) is 1.89. The third-order valence-corrected chi connectivity index (χ3v) is 3.11. The van der Waals surface area contributed by atoms with Crippen molar-refractivity contribution in [1.29, 1.82) is 0 Å². The van der Waals surface area contributed by atoms with E-state index in [2.05, 4.69) is 22.6 Å². The molecule has 0 aliphatic heterocycles. The van der Waals surface area contributed by atoms with Crippen molar-refractivity contribution in [3.8, 4) is 0 Å². The summed E-state index contributed by atoms with van der Waals surface area (Å²) in [6.07, 6.45) is 1.95. The van der Waals surface area contributed by atoms with E-state index in [1.807, 2.05) is 31.2 Å². The number of furan rings is 1. The number of hydrogen-bond donors (Lipinski definition) is 0. The first-order chi connectivity index (χ1) is 7.66. The molecule has 1 aromatic carbocycles. The van der Waals surface area contributed by atoms with Crippen molar-refractivity contribution in [1.82, 2.24) is 0 Å². The van der Waals surface area contributed by atoms with Crippen molar-refractivity contribution in [3.05, 3.63) is 57.1 Å². The van der Waals surface area contributed by atoms with E-state index < -0.39 is 0 Å². The molecule has 0 aliphatic rings. The van der Waals surface area contributed by atoms with Crippen LogP contribution in [0.5, 0.6) is 0 Å². The summed E-state index contributed by atoms with van der Waals surface area (Å²) in [6.45, 7) is 1.88. The molecule has 82 valence electrons. The van der Waals surface area contributed by atoms with Gasteiger partial charge in [-0.1, -0.05) is 12.1 Å². The molecule has 0 N–H and O–H groups in total. The Morgan fingerprint density at radius 1 is 1.25 bits per heavy atom. The summed E-state index contributed by atoms with van der Waals surface area (Å²) in [6, 6.07) is 9.74. The number of carbonyl (C=O) groups excluding carboxylic acids is 1. The van der Waals surface area contributed by atoms with Crippen molar-refractivity contribution >= 4 is 28.4 Å². The molecular weight excluding hydrogens is 315 g/mol. The zero-order chi connectivity index (χ0) is 11.5. The van der Waals surface area contributed by atoms with Gasteiger partial charge in [-0.2, -0.15) is 0 Å². The quantitative estimate of drug-likeness (QED) is 0.637. The van der Waals surface area contributed by atoms with Gasteiger partial charge in [0.1, 0.15) is 0 Å². The molecule has 3 heteroatoms. The van der Waals surface area contributed by atoms with E-state index >= 15 is 0 Å². The Labute approximate surface area is 108 Å². The van der Waals surface area contributed by atoms with Gasteiger partial charge in [-0.25, -0.2) is 0 Å². The van der Waals surface area contributed by atoms with Gasteiger partial charge in [0.2, 0.25) is 5.78 Å². The van der Waals surface area contributed by atoms with E-state index in [9.17, 15) is 4.79 Å². The van der Waals surface area contributed by atoms with Crippen molar-refractivity contribution in [2.75, 3.05) is 0 Å². The van der Waals surface area contributed by atoms with Gasteiger partial charge in [0.15, 0.2) is 5.76 Å². The number of ketones is 1. The summed E-state index contributed by atoms with van der Waals surface area (Å²) < 4.78 is 6.34. The van der Waals surface area contributed by atoms with Crippen molar-refractivity contribution < 1.29 is 9.21 Å². The number of Topliss-reactive ketones (excluding diaryl/α,β-unsaturated/α-hetero) is 1. The average Bonchev–Trinajstić information content (AvgIpc) is 2.68. The molecule has 0 saturated carbocycles. The summed E-state index contributed by atoms with van der Waals surface area (Å²) in [5.41, 5.74) is 1.91. The zero-order valence-electron chi connectivity index (χ0n) is 8.87. The Kier molecular flexibility index (Phi) is 3.43. The van der Waals surface area contributed by atoms with E-state index in [0.29, 0.717) is 12.2 Å². The molecule has 1 heterocycles. The predicted octanol–water partition coefficient (Wildman–Crippen LogP) is 3.62. The van der Waals surface area contributed by atoms with Crippen LogP contribution in [0.25, 0.3) is 0 Å². The summed E-state index contributed by atoms with van der Waals surface area (Å²) >= 11 is 2.24. The summed E-state index contributed by atoms with van der Waals surface area (Å²) in [7, 11) is 0. The predicted molar refractivity (Wildman–Crippen MR) is 70.6 cm³/mol. The normalized spacial score (nSPS) is 10.4. The lowest BCUT2D eigenvalue weighted by atomic mass is 10.1. The highest BCUT2D eigenvalue weighted by Gasteiger charge is 2.12. The molecule has 16 heavy (non-hydrogen) atoms. The Bertz CT molecular complexity index is 497. The van der Waals surface area contributed by atoms with Crippen LogP contribution in [0.15, 0.2) is 41.0 Å². The van der Waals surface area contributed by atoms with Gasteiger partial charge in [0.25, 0.3) is 0 Å². The first-order valence-electron chi connectivity index (χ1n) is 4.98. The van der Waals surface area contributed by atoms with E-state index in [1.165, 1.54) is 3.57 Å². The summed E-state index contributed by atoms with van der Waals surface area (Å²) in [4.78, 5) is 11.9. The topological polar surface area (TPSA) is 30.2 Å². The van der Waals surface area contributed by atoms with E-state index in [-0.39, 0.29) is 5.78 Å². The lowest BCUT2D eigenvalue weighted by molar-refractivity contribution is 0.0965. The second kappa shape index (κ2) is 4.82. The second-order valence-electron chi connectivity index (χ2n) is 3.66. The first kappa shape index (κ1) is 11.4. The third-order valence-electron chi connectivity index (χ3n) is 2.39. The number of rotatable bonds is 3. The molecule has 1 aromatic heterocycles. The van der Waals surface area contributed by atoms with Gasteiger partial charge in [0.05, 0.1) is 6.26 Å². The van der Waals surface area contributed by atoms with Crippen LogP contribution in [0.3, 0.4) is 0 Å². The molecule has 0 saturated heterocycles. The number of aryl methyl sites for hydroxylation is 1. The molecule has 0 spiro atoms. The molecule has 2 aromatic rings. The Hall–Kier alpha value is -1.10. The van der Waals surface area contributed by atoms with E-state index in [1.54, 1.807) is 12.3 Å². The molecular formula is C13H11IO2. The van der Waals surface area contributed by atoms with E-state index in [0.717, 1.165) is 11.1 Å². The minimum absolute atomic E-state index is 0.0312. The SMILES string of the molecule is Cc1ccoc1C(=O)Cc1ccc(I)cc1. The molecule has 2 rings (SSSR count). The van der Waals surface area contributed by atoms with Gasteiger partial charge in [-0.3, -0.25) is 4.79 Å². The lowest BCUT2D eigenvalue weighted by Gasteiger charge is -2.00. The molecule has 0 aliphatic carbocycles. The average molecular weight is 326 g/mol. The van der Waals surface area contributed by atoms with Gasteiger partial charge in [0, 0.05) is 9.99 Å². The standard InChI is InChI=1S/C13H11IO2/c1-9-6-7-16-13(9)12(15)8-10-2-4-11(14)5-3-10/h2-7H,8H2,1H3. The number of halogens is 1.